The van der Waals surface area contributed by atoms with Crippen LogP contribution in [0.15, 0.2) is 12.1 Å². The van der Waals surface area contributed by atoms with Gasteiger partial charge in [-0.2, -0.15) is 0 Å². The maximum absolute atomic E-state index is 10.9. The number of nitrogens with two attached hydrogens (primary N) is 1. The summed E-state index contributed by atoms with van der Waals surface area (Å²) in [4.78, 5) is 10.3. The molecule has 0 heterocycles. The van der Waals surface area contributed by atoms with Crippen LogP contribution in [0.5, 0.6) is 11.5 Å². The first-order valence-corrected chi connectivity index (χ1v) is 6.76. The molecule has 0 unspecified atom stereocenters. The van der Waals surface area contributed by atoms with Crippen LogP contribution in [-0.4, -0.2) is 28.4 Å². The van der Waals surface area contributed by atoms with Crippen molar-refractivity contribution in [3.8, 4) is 11.5 Å². The summed E-state index contributed by atoms with van der Waals surface area (Å²) in [6, 6.07) is 1.37. The molecular formula is C14H22N2O5. The Morgan fingerprint density at radius 2 is 2.00 bits per heavy atom. The SMILES string of the molecule is COc1cc([N+](=O)[O-])cc([C@H](N)[C@H](O)CCC(C)C)c1O. The number of methoxy groups -OCH3 is 1. The molecule has 0 fully saturated rings. The summed E-state index contributed by atoms with van der Waals surface area (Å²) in [6.07, 6.45) is 0.315. The van der Waals surface area contributed by atoms with Crippen LogP contribution in [-0.2, 0) is 0 Å². The van der Waals surface area contributed by atoms with E-state index in [1.54, 1.807) is 0 Å². The zero-order chi connectivity index (χ0) is 16.2. The standard InChI is InChI=1S/C14H22N2O5/c1-8(2)4-5-11(17)13(15)10-6-9(16(19)20)7-12(21-3)14(10)18/h6-8,11,13,17-18H,4-5,15H2,1-3H3/t11-,13+/m1/s1. The smallest absolute Gasteiger partial charge is 0.273 e. The number of ether oxygens (including phenoxy) is 1. The molecule has 0 amide bonds. The van der Waals surface area contributed by atoms with Crippen molar-refractivity contribution in [2.45, 2.75) is 38.8 Å². The van der Waals surface area contributed by atoms with Gasteiger partial charge in [-0.05, 0) is 18.8 Å². The Bertz CT molecular complexity index is 504. The zero-order valence-electron chi connectivity index (χ0n) is 12.4. The average molecular weight is 298 g/mol. The van der Waals surface area contributed by atoms with Gasteiger partial charge in [-0.25, -0.2) is 0 Å². The molecule has 118 valence electrons. The monoisotopic (exact) mass is 298 g/mol. The zero-order valence-corrected chi connectivity index (χ0v) is 12.4. The van der Waals surface area contributed by atoms with Crippen molar-refractivity contribution in [1.82, 2.24) is 0 Å². The van der Waals surface area contributed by atoms with Gasteiger partial charge in [0.15, 0.2) is 11.5 Å². The number of nitro groups is 1. The summed E-state index contributed by atoms with van der Waals surface area (Å²) in [6.45, 7) is 4.04. The van der Waals surface area contributed by atoms with Crippen LogP contribution in [0.1, 0.15) is 38.3 Å². The van der Waals surface area contributed by atoms with Gasteiger partial charge in [-0.15, -0.1) is 0 Å². The van der Waals surface area contributed by atoms with E-state index in [0.29, 0.717) is 12.3 Å². The predicted molar refractivity (Wildman–Crippen MR) is 78.3 cm³/mol. The molecular weight excluding hydrogens is 276 g/mol. The van der Waals surface area contributed by atoms with Crippen LogP contribution in [0.2, 0.25) is 0 Å². The van der Waals surface area contributed by atoms with E-state index in [9.17, 15) is 20.3 Å². The molecule has 1 aromatic rings. The number of phenolic OH excluding ortho intramolecular Hbond substituents is 1. The Morgan fingerprint density at radius 3 is 2.48 bits per heavy atom. The summed E-state index contributed by atoms with van der Waals surface area (Å²) in [5.41, 5.74) is 5.79. The van der Waals surface area contributed by atoms with E-state index in [0.717, 1.165) is 12.5 Å². The van der Waals surface area contributed by atoms with Crippen LogP contribution < -0.4 is 10.5 Å². The number of hydrogen-bond donors (Lipinski definition) is 3. The molecule has 0 saturated carbocycles. The molecule has 0 aromatic heterocycles. The van der Waals surface area contributed by atoms with Gasteiger partial charge in [0.1, 0.15) is 0 Å². The quantitative estimate of drug-likeness (QED) is 0.524. The number of benzene rings is 1. The second kappa shape index (κ2) is 7.24. The number of nitrogens with zero attached hydrogens (tertiary/aromatic N) is 1. The average Bonchev–Trinajstić information content (AvgIpc) is 2.43. The number of rotatable bonds is 7. The lowest BCUT2D eigenvalue weighted by Gasteiger charge is -2.21. The molecule has 7 nitrogen and oxygen atoms in total. The molecule has 2 atom stereocenters. The Hall–Kier alpha value is -1.86. The van der Waals surface area contributed by atoms with E-state index in [4.69, 9.17) is 10.5 Å². The lowest BCUT2D eigenvalue weighted by molar-refractivity contribution is -0.385. The number of aromatic hydroxyl groups is 1. The van der Waals surface area contributed by atoms with E-state index >= 15 is 0 Å². The summed E-state index contributed by atoms with van der Waals surface area (Å²) in [5.74, 6) is 0.0880. The highest BCUT2D eigenvalue weighted by Gasteiger charge is 2.25. The van der Waals surface area contributed by atoms with Crippen molar-refractivity contribution in [3.05, 3.63) is 27.8 Å². The van der Waals surface area contributed by atoms with Gasteiger partial charge < -0.3 is 20.7 Å². The van der Waals surface area contributed by atoms with Crippen LogP contribution >= 0.6 is 0 Å². The second-order valence-electron chi connectivity index (χ2n) is 5.41. The summed E-state index contributed by atoms with van der Waals surface area (Å²) in [5, 5.41) is 31.0. The molecule has 0 spiro atoms. The highest BCUT2D eigenvalue weighted by Crippen LogP contribution is 2.38. The number of nitro benzene ring substituents is 1. The molecule has 0 radical (unpaired) electrons. The van der Waals surface area contributed by atoms with Crippen molar-refractivity contribution in [2.24, 2.45) is 11.7 Å². The van der Waals surface area contributed by atoms with Gasteiger partial charge in [0.25, 0.3) is 5.69 Å². The molecule has 0 aliphatic heterocycles. The van der Waals surface area contributed by atoms with Gasteiger partial charge in [0.2, 0.25) is 0 Å². The molecule has 0 saturated heterocycles. The second-order valence-corrected chi connectivity index (χ2v) is 5.41. The molecule has 4 N–H and O–H groups in total. The van der Waals surface area contributed by atoms with E-state index in [-0.39, 0.29) is 22.7 Å². The minimum atomic E-state index is -0.919. The maximum Gasteiger partial charge on any atom is 0.273 e. The van der Waals surface area contributed by atoms with Crippen molar-refractivity contribution in [3.63, 3.8) is 0 Å². The normalized spacial score (nSPS) is 14.0. The molecule has 1 aromatic carbocycles. The highest BCUT2D eigenvalue weighted by atomic mass is 16.6. The first-order chi connectivity index (χ1) is 9.77. The third-order valence-electron chi connectivity index (χ3n) is 3.33. The molecule has 7 heteroatoms. The Balaban J connectivity index is 3.09. The van der Waals surface area contributed by atoms with Crippen LogP contribution in [0.4, 0.5) is 5.69 Å². The molecule has 21 heavy (non-hydrogen) atoms. The fourth-order valence-corrected chi connectivity index (χ4v) is 2.02. The van der Waals surface area contributed by atoms with Crippen molar-refractivity contribution in [2.75, 3.05) is 7.11 Å². The first kappa shape index (κ1) is 17.2. The van der Waals surface area contributed by atoms with Gasteiger partial charge in [0, 0.05) is 11.6 Å². The number of phenols is 1. The van der Waals surface area contributed by atoms with E-state index < -0.39 is 17.1 Å². The van der Waals surface area contributed by atoms with Gasteiger partial charge in [-0.1, -0.05) is 13.8 Å². The number of hydrogen-bond acceptors (Lipinski definition) is 6. The fraction of sp³-hybridized carbons (Fsp3) is 0.571. The largest absolute Gasteiger partial charge is 0.504 e. The maximum atomic E-state index is 10.9. The summed E-state index contributed by atoms with van der Waals surface area (Å²) in [7, 11) is 1.29. The Labute approximate surface area is 123 Å². The number of aliphatic hydroxyl groups is 1. The summed E-state index contributed by atoms with van der Waals surface area (Å²) < 4.78 is 4.91. The number of aliphatic hydroxyl groups excluding tert-OH is 1. The van der Waals surface area contributed by atoms with Crippen molar-refractivity contribution >= 4 is 5.69 Å². The molecule has 0 bridgehead atoms. The van der Waals surface area contributed by atoms with E-state index in [1.165, 1.54) is 13.2 Å². The topological polar surface area (TPSA) is 119 Å². The van der Waals surface area contributed by atoms with Gasteiger partial charge >= 0.3 is 0 Å². The van der Waals surface area contributed by atoms with Gasteiger partial charge in [0.05, 0.1) is 30.2 Å². The third-order valence-corrected chi connectivity index (χ3v) is 3.33. The lowest BCUT2D eigenvalue weighted by Crippen LogP contribution is -2.26. The highest BCUT2D eigenvalue weighted by molar-refractivity contribution is 5.54. The minimum Gasteiger partial charge on any atom is -0.504 e. The van der Waals surface area contributed by atoms with Gasteiger partial charge in [-0.3, -0.25) is 10.1 Å². The first-order valence-electron chi connectivity index (χ1n) is 6.76. The molecule has 0 aliphatic carbocycles. The van der Waals surface area contributed by atoms with Crippen LogP contribution in [0.25, 0.3) is 0 Å². The lowest BCUT2D eigenvalue weighted by atomic mass is 9.95. The van der Waals surface area contributed by atoms with Crippen molar-refractivity contribution in [1.29, 1.82) is 0 Å². The third kappa shape index (κ3) is 4.30. The Kier molecular flexibility index (Phi) is 5.92. The fourth-order valence-electron chi connectivity index (χ4n) is 2.02. The van der Waals surface area contributed by atoms with Crippen LogP contribution in [0, 0.1) is 16.0 Å². The van der Waals surface area contributed by atoms with Crippen molar-refractivity contribution < 1.29 is 19.9 Å². The van der Waals surface area contributed by atoms with E-state index in [1.807, 2.05) is 13.8 Å². The number of non-ortho nitro benzene ring substituents is 1. The molecule has 1 rings (SSSR count). The molecule has 0 aliphatic rings. The van der Waals surface area contributed by atoms with E-state index in [2.05, 4.69) is 0 Å². The predicted octanol–water partition coefficient (Wildman–Crippen LogP) is 2.11. The van der Waals surface area contributed by atoms with Crippen LogP contribution in [0.3, 0.4) is 0 Å². The minimum absolute atomic E-state index is 0.0364. The summed E-state index contributed by atoms with van der Waals surface area (Å²) >= 11 is 0. The Morgan fingerprint density at radius 1 is 1.38 bits per heavy atom.